The Bertz CT molecular complexity index is 1120. The Hall–Kier alpha value is -3.25. The molecule has 1 atom stereocenters. The summed E-state index contributed by atoms with van der Waals surface area (Å²) in [5, 5.41) is 3.40. The Balaban J connectivity index is 1.79. The molecule has 4 rings (SSSR count). The third kappa shape index (κ3) is 4.16. The lowest BCUT2D eigenvalue weighted by Crippen LogP contribution is -2.43. The van der Waals surface area contributed by atoms with Crippen LogP contribution >= 0.6 is 11.6 Å². The molecule has 31 heavy (non-hydrogen) atoms. The number of hydrogen-bond acceptors (Lipinski definition) is 3. The number of hydrogen-bond donors (Lipinski definition) is 1. The van der Waals surface area contributed by atoms with Crippen molar-refractivity contribution in [2.24, 2.45) is 0 Å². The first-order valence-electron chi connectivity index (χ1n) is 9.84. The van der Waals surface area contributed by atoms with E-state index in [4.69, 9.17) is 21.1 Å². The van der Waals surface area contributed by atoms with Crippen LogP contribution in [-0.4, -0.2) is 31.7 Å². The second-order valence-corrected chi connectivity index (χ2v) is 7.65. The van der Waals surface area contributed by atoms with Crippen LogP contribution in [0, 0.1) is 5.82 Å². The van der Waals surface area contributed by atoms with Gasteiger partial charge in [-0.05, 0) is 53.9 Å². The molecule has 3 aromatic carbocycles. The maximum Gasteiger partial charge on any atom is 0.322 e. The molecule has 3 aromatic rings. The Morgan fingerprint density at radius 3 is 2.48 bits per heavy atom. The molecule has 1 unspecified atom stereocenters. The van der Waals surface area contributed by atoms with Crippen molar-refractivity contribution >= 4 is 23.3 Å². The van der Waals surface area contributed by atoms with Crippen LogP contribution in [-0.2, 0) is 6.42 Å². The molecule has 7 heteroatoms. The average molecular weight is 441 g/mol. The van der Waals surface area contributed by atoms with E-state index in [1.54, 1.807) is 61.6 Å². The number of amides is 2. The summed E-state index contributed by atoms with van der Waals surface area (Å²) >= 11 is 6.05. The highest BCUT2D eigenvalue weighted by molar-refractivity contribution is 6.30. The first-order chi connectivity index (χ1) is 15.0. The van der Waals surface area contributed by atoms with Gasteiger partial charge in [-0.3, -0.25) is 0 Å². The van der Waals surface area contributed by atoms with Crippen molar-refractivity contribution in [1.29, 1.82) is 0 Å². The number of benzene rings is 3. The summed E-state index contributed by atoms with van der Waals surface area (Å²) in [7, 11) is 3.13. The van der Waals surface area contributed by atoms with Crippen molar-refractivity contribution in [2.45, 2.75) is 12.5 Å². The molecule has 1 heterocycles. The number of carbonyl (C=O) groups is 1. The molecular formula is C24H22ClFN2O3. The van der Waals surface area contributed by atoms with Crippen LogP contribution in [0.3, 0.4) is 0 Å². The lowest BCUT2D eigenvalue weighted by molar-refractivity contribution is 0.192. The molecular weight excluding hydrogens is 419 g/mol. The van der Waals surface area contributed by atoms with E-state index in [-0.39, 0.29) is 11.8 Å². The number of methoxy groups -OCH3 is 2. The van der Waals surface area contributed by atoms with Gasteiger partial charge in [0.1, 0.15) is 5.82 Å². The van der Waals surface area contributed by atoms with Gasteiger partial charge in [0.2, 0.25) is 0 Å². The van der Waals surface area contributed by atoms with Crippen molar-refractivity contribution < 1.29 is 18.7 Å². The van der Waals surface area contributed by atoms with Crippen LogP contribution in [0.2, 0.25) is 5.02 Å². The number of carbonyl (C=O) groups excluding carboxylic acids is 1. The zero-order valence-corrected chi connectivity index (χ0v) is 17.9. The predicted octanol–water partition coefficient (Wildman–Crippen LogP) is 5.68. The van der Waals surface area contributed by atoms with E-state index in [0.29, 0.717) is 40.7 Å². The SMILES string of the molecule is COc1cc2c(cc1OC)C(c1ccccc1F)N(C(=O)Nc1cccc(Cl)c1)CC2. The Morgan fingerprint density at radius 2 is 1.77 bits per heavy atom. The Labute approximate surface area is 185 Å². The van der Waals surface area contributed by atoms with Crippen LogP contribution in [0.1, 0.15) is 22.7 Å². The monoisotopic (exact) mass is 440 g/mol. The van der Waals surface area contributed by atoms with Gasteiger partial charge in [0, 0.05) is 22.8 Å². The molecule has 1 aliphatic rings. The molecule has 1 N–H and O–H groups in total. The van der Waals surface area contributed by atoms with Crippen molar-refractivity contribution in [3.8, 4) is 11.5 Å². The summed E-state index contributed by atoms with van der Waals surface area (Å²) in [6.45, 7) is 0.411. The second-order valence-electron chi connectivity index (χ2n) is 7.21. The molecule has 1 aliphatic heterocycles. The molecule has 5 nitrogen and oxygen atoms in total. The van der Waals surface area contributed by atoms with E-state index < -0.39 is 6.04 Å². The first kappa shape index (κ1) is 21.0. The molecule has 160 valence electrons. The summed E-state index contributed by atoms with van der Waals surface area (Å²) in [6, 6.07) is 16.2. The van der Waals surface area contributed by atoms with Gasteiger partial charge in [-0.15, -0.1) is 0 Å². The lowest BCUT2D eigenvalue weighted by Gasteiger charge is -2.38. The molecule has 2 amide bonds. The standard InChI is InChI=1S/C24H22ClFN2O3/c1-30-21-12-15-10-11-28(24(29)27-17-7-5-6-16(25)13-17)23(19(15)14-22(21)31-2)18-8-3-4-9-20(18)26/h3-9,12-14,23H,10-11H2,1-2H3,(H,27,29). The maximum absolute atomic E-state index is 14.9. The van der Waals surface area contributed by atoms with Gasteiger partial charge in [-0.2, -0.15) is 0 Å². The number of fused-ring (bicyclic) bond motifs is 1. The van der Waals surface area contributed by atoms with Crippen LogP contribution in [0.25, 0.3) is 0 Å². The van der Waals surface area contributed by atoms with Crippen LogP contribution in [0.15, 0.2) is 60.7 Å². The van der Waals surface area contributed by atoms with Crippen molar-refractivity contribution in [3.63, 3.8) is 0 Å². The van der Waals surface area contributed by atoms with Gasteiger partial charge in [-0.25, -0.2) is 9.18 Å². The fraction of sp³-hybridized carbons (Fsp3) is 0.208. The largest absolute Gasteiger partial charge is 0.493 e. The quantitative estimate of drug-likeness (QED) is 0.568. The highest BCUT2D eigenvalue weighted by Crippen LogP contribution is 2.41. The molecule has 0 radical (unpaired) electrons. The maximum atomic E-state index is 14.9. The lowest BCUT2D eigenvalue weighted by atomic mass is 9.87. The fourth-order valence-electron chi connectivity index (χ4n) is 3.96. The Morgan fingerprint density at radius 1 is 1.03 bits per heavy atom. The third-order valence-electron chi connectivity index (χ3n) is 5.41. The highest BCUT2D eigenvalue weighted by atomic mass is 35.5. The topological polar surface area (TPSA) is 50.8 Å². The number of nitrogens with one attached hydrogen (secondary N) is 1. The van der Waals surface area contributed by atoms with Gasteiger partial charge < -0.3 is 19.7 Å². The summed E-state index contributed by atoms with van der Waals surface area (Å²) < 4.78 is 25.8. The van der Waals surface area contributed by atoms with Crippen molar-refractivity contribution in [2.75, 3.05) is 26.1 Å². The normalized spacial score (nSPS) is 15.2. The molecule has 0 spiro atoms. The second kappa shape index (κ2) is 8.86. The average Bonchev–Trinajstić information content (AvgIpc) is 2.77. The number of rotatable bonds is 4. The predicted molar refractivity (Wildman–Crippen MR) is 119 cm³/mol. The smallest absolute Gasteiger partial charge is 0.322 e. The number of urea groups is 1. The van der Waals surface area contributed by atoms with E-state index in [2.05, 4.69) is 5.32 Å². The van der Waals surface area contributed by atoms with Crippen molar-refractivity contribution in [1.82, 2.24) is 4.90 Å². The molecule has 0 aliphatic carbocycles. The van der Waals surface area contributed by atoms with Crippen LogP contribution < -0.4 is 14.8 Å². The van der Waals surface area contributed by atoms with Gasteiger partial charge in [0.25, 0.3) is 0 Å². The Kier molecular flexibility index (Phi) is 6.00. The minimum Gasteiger partial charge on any atom is -0.493 e. The number of anilines is 1. The summed E-state index contributed by atoms with van der Waals surface area (Å²) in [5.74, 6) is 0.751. The van der Waals surface area contributed by atoms with Gasteiger partial charge >= 0.3 is 6.03 Å². The van der Waals surface area contributed by atoms with E-state index in [0.717, 1.165) is 11.1 Å². The van der Waals surface area contributed by atoms with E-state index in [9.17, 15) is 9.18 Å². The van der Waals surface area contributed by atoms with Crippen LogP contribution in [0.5, 0.6) is 11.5 Å². The minimum absolute atomic E-state index is 0.337. The summed E-state index contributed by atoms with van der Waals surface area (Å²) in [5.41, 5.74) is 2.77. The molecule has 0 saturated carbocycles. The van der Waals surface area contributed by atoms with Gasteiger partial charge in [0.05, 0.1) is 20.3 Å². The van der Waals surface area contributed by atoms with E-state index in [1.165, 1.54) is 6.07 Å². The first-order valence-corrected chi connectivity index (χ1v) is 10.2. The van der Waals surface area contributed by atoms with Gasteiger partial charge in [0.15, 0.2) is 11.5 Å². The van der Waals surface area contributed by atoms with Gasteiger partial charge in [-0.1, -0.05) is 35.9 Å². The zero-order valence-electron chi connectivity index (χ0n) is 17.2. The third-order valence-corrected chi connectivity index (χ3v) is 5.65. The number of halogens is 2. The zero-order chi connectivity index (χ0) is 22.0. The van der Waals surface area contributed by atoms with E-state index >= 15 is 0 Å². The molecule has 0 saturated heterocycles. The van der Waals surface area contributed by atoms with Crippen LogP contribution in [0.4, 0.5) is 14.9 Å². The minimum atomic E-state index is -0.621. The summed E-state index contributed by atoms with van der Waals surface area (Å²) in [4.78, 5) is 14.9. The van der Waals surface area contributed by atoms with Crippen molar-refractivity contribution in [3.05, 3.63) is 88.2 Å². The highest BCUT2D eigenvalue weighted by Gasteiger charge is 2.35. The molecule has 0 fully saturated rings. The van der Waals surface area contributed by atoms with E-state index in [1.807, 2.05) is 12.1 Å². The molecule has 0 aromatic heterocycles. The molecule has 0 bridgehead atoms. The fourth-order valence-corrected chi connectivity index (χ4v) is 4.15. The number of ether oxygens (including phenoxy) is 2. The summed E-state index contributed by atoms with van der Waals surface area (Å²) in [6.07, 6.45) is 0.601. The number of nitrogens with zero attached hydrogens (tertiary/aromatic N) is 1.